The molecule has 0 unspecified atom stereocenters. The van der Waals surface area contributed by atoms with Gasteiger partial charge in [-0.3, -0.25) is 0 Å². The van der Waals surface area contributed by atoms with Gasteiger partial charge in [0.05, 0.1) is 26.4 Å². The first-order valence-corrected chi connectivity index (χ1v) is 16.1. The van der Waals surface area contributed by atoms with E-state index in [1.807, 2.05) is 29.3 Å². The molecule has 0 bridgehead atoms. The van der Waals surface area contributed by atoms with E-state index in [0.29, 0.717) is 19.1 Å². The van der Waals surface area contributed by atoms with E-state index in [1.54, 1.807) is 7.11 Å². The Balaban J connectivity index is 1.67. The molecule has 3 aromatic rings. The van der Waals surface area contributed by atoms with Crippen LogP contribution < -0.4 is 15.1 Å². The highest BCUT2D eigenvalue weighted by atomic mass is 79.9. The third-order valence-electron chi connectivity index (χ3n) is 6.91. The van der Waals surface area contributed by atoms with Gasteiger partial charge in [0, 0.05) is 0 Å². The van der Waals surface area contributed by atoms with Crippen LogP contribution in [-0.4, -0.2) is 28.1 Å². The first-order chi connectivity index (χ1) is 18.3. The van der Waals surface area contributed by atoms with Gasteiger partial charge in [-0.2, -0.15) is 0 Å². The number of ether oxygens (including phenoxy) is 2. The Morgan fingerprint density at radius 2 is 1.42 bits per heavy atom. The first-order valence-electron chi connectivity index (χ1n) is 13.2. The van der Waals surface area contributed by atoms with Crippen LogP contribution in [0.3, 0.4) is 0 Å². The fraction of sp³-hybridized carbons (Fsp3) is 0.333. The second-order valence-corrected chi connectivity index (χ2v) is 15.4. The zero-order valence-corrected chi connectivity index (χ0v) is 25.9. The molecule has 0 amide bonds. The normalized spacial score (nSPS) is 14.2. The average molecular weight is 594 g/mol. The van der Waals surface area contributed by atoms with Crippen molar-refractivity contribution in [3.8, 4) is 5.75 Å². The van der Waals surface area contributed by atoms with Gasteiger partial charge in [0.15, 0.2) is 0 Å². The van der Waals surface area contributed by atoms with Gasteiger partial charge in [-0.1, -0.05) is 129 Å². The Morgan fingerprint density at radius 3 is 1.92 bits per heavy atom. The standard InChI is InChI=1S/C33H41BrO3Si/c1-27(32(23-24-34)36-26-28-19-21-29(35-5)22-20-28)14-12-13-25-37-38(33(2,3)4,30-15-8-6-9-16-30)31-17-10-7-11-18-31/h6-13,15-24,27,32H,14,25-26H2,1-5H3/b13-12+,24-23-/t27-,32-/m1/s1. The second-order valence-electron chi connectivity index (χ2n) is 10.6. The highest BCUT2D eigenvalue weighted by Gasteiger charge is 2.49. The van der Waals surface area contributed by atoms with E-state index in [9.17, 15) is 0 Å². The maximum Gasteiger partial charge on any atom is 0.261 e. The summed E-state index contributed by atoms with van der Waals surface area (Å²) in [5.74, 6) is 1.16. The van der Waals surface area contributed by atoms with E-state index in [1.165, 1.54) is 10.4 Å². The second kappa shape index (κ2) is 14.6. The van der Waals surface area contributed by atoms with Gasteiger partial charge in [-0.15, -0.1) is 0 Å². The van der Waals surface area contributed by atoms with E-state index in [-0.39, 0.29) is 11.1 Å². The molecule has 3 rings (SSSR count). The lowest BCUT2D eigenvalue weighted by Gasteiger charge is -2.42. The van der Waals surface area contributed by atoms with Gasteiger partial charge in [0.25, 0.3) is 8.32 Å². The molecule has 3 nitrogen and oxygen atoms in total. The summed E-state index contributed by atoms with van der Waals surface area (Å²) in [5, 5.41) is 2.57. The maximum absolute atomic E-state index is 6.97. The van der Waals surface area contributed by atoms with Crippen molar-refractivity contribution in [1.82, 2.24) is 0 Å². The summed E-state index contributed by atoms with van der Waals surface area (Å²) < 4.78 is 18.5. The Morgan fingerprint density at radius 1 is 0.842 bits per heavy atom. The number of allylic oxidation sites excluding steroid dienone is 1. The van der Waals surface area contributed by atoms with Crippen LogP contribution in [0.4, 0.5) is 0 Å². The molecule has 3 aromatic carbocycles. The van der Waals surface area contributed by atoms with Crippen LogP contribution >= 0.6 is 15.9 Å². The summed E-state index contributed by atoms with van der Waals surface area (Å²) in [6.07, 6.45) is 7.37. The Bertz CT molecular complexity index is 1100. The minimum Gasteiger partial charge on any atom is -0.497 e. The minimum atomic E-state index is -2.52. The fourth-order valence-electron chi connectivity index (χ4n) is 4.84. The van der Waals surface area contributed by atoms with Crippen LogP contribution in [0.1, 0.15) is 39.7 Å². The molecule has 0 aromatic heterocycles. The monoisotopic (exact) mass is 592 g/mol. The van der Waals surface area contributed by atoms with Crippen LogP contribution in [0, 0.1) is 5.92 Å². The summed E-state index contributed by atoms with van der Waals surface area (Å²) >= 11 is 3.43. The van der Waals surface area contributed by atoms with Gasteiger partial charge < -0.3 is 13.9 Å². The quantitative estimate of drug-likeness (QED) is 0.151. The highest BCUT2D eigenvalue weighted by Crippen LogP contribution is 2.36. The van der Waals surface area contributed by atoms with E-state index in [4.69, 9.17) is 13.9 Å². The van der Waals surface area contributed by atoms with Crippen molar-refractivity contribution >= 4 is 34.6 Å². The molecule has 0 aliphatic heterocycles. The minimum absolute atomic E-state index is 0.00118. The van der Waals surface area contributed by atoms with Gasteiger partial charge in [-0.25, -0.2) is 0 Å². The average Bonchev–Trinajstić information content (AvgIpc) is 2.93. The van der Waals surface area contributed by atoms with Crippen LogP contribution in [-0.2, 0) is 15.8 Å². The van der Waals surface area contributed by atoms with Crippen molar-refractivity contribution in [1.29, 1.82) is 0 Å². The summed E-state index contributed by atoms with van der Waals surface area (Å²) in [6, 6.07) is 29.6. The first kappa shape index (κ1) is 30.1. The Kier molecular flexibility index (Phi) is 11.6. The molecule has 0 aliphatic carbocycles. The lowest BCUT2D eigenvalue weighted by Crippen LogP contribution is -2.66. The van der Waals surface area contributed by atoms with Crippen molar-refractivity contribution in [3.05, 3.63) is 114 Å². The third-order valence-corrected chi connectivity index (χ3v) is 12.2. The fourth-order valence-corrected chi connectivity index (χ4v) is 9.65. The predicted molar refractivity (Wildman–Crippen MR) is 166 cm³/mol. The van der Waals surface area contributed by atoms with E-state index < -0.39 is 8.32 Å². The van der Waals surface area contributed by atoms with Crippen molar-refractivity contribution in [2.45, 2.75) is 51.9 Å². The lowest BCUT2D eigenvalue weighted by molar-refractivity contribution is 0.0387. The number of halogens is 1. The number of methoxy groups -OCH3 is 1. The van der Waals surface area contributed by atoms with Crippen molar-refractivity contribution in [2.24, 2.45) is 5.92 Å². The molecule has 0 spiro atoms. The van der Waals surface area contributed by atoms with Crippen molar-refractivity contribution in [3.63, 3.8) is 0 Å². The molecule has 0 N–H and O–H groups in total. The van der Waals surface area contributed by atoms with Crippen molar-refractivity contribution in [2.75, 3.05) is 13.7 Å². The summed E-state index contributed by atoms with van der Waals surface area (Å²) in [4.78, 5) is 1.89. The molecular formula is C33H41BrO3Si. The number of rotatable bonds is 13. The molecule has 202 valence electrons. The van der Waals surface area contributed by atoms with E-state index >= 15 is 0 Å². The molecule has 0 saturated heterocycles. The van der Waals surface area contributed by atoms with E-state index in [0.717, 1.165) is 17.7 Å². The van der Waals surface area contributed by atoms with Crippen LogP contribution in [0.5, 0.6) is 5.75 Å². The van der Waals surface area contributed by atoms with Crippen LogP contribution in [0.15, 0.2) is 108 Å². The van der Waals surface area contributed by atoms with E-state index in [2.05, 4.69) is 123 Å². The zero-order chi connectivity index (χ0) is 27.4. The zero-order valence-electron chi connectivity index (χ0n) is 23.3. The number of hydrogen-bond acceptors (Lipinski definition) is 3. The summed E-state index contributed by atoms with van der Waals surface area (Å²) in [5.41, 5.74) is 1.13. The lowest BCUT2D eigenvalue weighted by atomic mass is 10.0. The molecule has 38 heavy (non-hydrogen) atoms. The van der Waals surface area contributed by atoms with Crippen LogP contribution in [0.2, 0.25) is 5.04 Å². The maximum atomic E-state index is 6.97. The Labute approximate surface area is 238 Å². The van der Waals surface area contributed by atoms with Gasteiger partial charge in [-0.05, 0) is 56.5 Å². The molecular weight excluding hydrogens is 552 g/mol. The highest BCUT2D eigenvalue weighted by molar-refractivity contribution is 9.11. The molecule has 0 saturated carbocycles. The van der Waals surface area contributed by atoms with Crippen LogP contribution in [0.25, 0.3) is 0 Å². The third kappa shape index (κ3) is 7.79. The van der Waals surface area contributed by atoms with Gasteiger partial charge in [0.2, 0.25) is 0 Å². The summed E-state index contributed by atoms with van der Waals surface area (Å²) in [7, 11) is -0.843. The molecule has 0 aliphatic rings. The molecule has 5 heteroatoms. The molecule has 0 heterocycles. The molecule has 0 fully saturated rings. The van der Waals surface area contributed by atoms with Gasteiger partial charge >= 0.3 is 0 Å². The predicted octanol–water partition coefficient (Wildman–Crippen LogP) is 7.65. The number of benzene rings is 3. The molecule has 0 radical (unpaired) electrons. The largest absolute Gasteiger partial charge is 0.497 e. The smallest absolute Gasteiger partial charge is 0.261 e. The number of hydrogen-bond donors (Lipinski definition) is 0. The van der Waals surface area contributed by atoms with Crippen molar-refractivity contribution < 1.29 is 13.9 Å². The van der Waals surface area contributed by atoms with Gasteiger partial charge in [0.1, 0.15) is 5.75 Å². The SMILES string of the molecule is COc1ccc(CO[C@H](/C=C\Br)[C@H](C)C/C=C/CO[Si](c2ccccc2)(c2ccccc2)C(C)(C)C)cc1. The topological polar surface area (TPSA) is 27.7 Å². The Hall–Kier alpha value is -2.44. The summed E-state index contributed by atoms with van der Waals surface area (Å²) in [6.45, 7) is 10.3. The molecule has 2 atom stereocenters.